The molecule has 0 spiro atoms. The quantitative estimate of drug-likeness (QED) is 0.607. The minimum Gasteiger partial charge on any atom is -0.487 e. The predicted octanol–water partition coefficient (Wildman–Crippen LogP) is 2.34. The fraction of sp³-hybridized carbons (Fsp3) is 0.652. The number of aliphatic hydroxyl groups excluding tert-OH is 1. The van der Waals surface area contributed by atoms with Crippen molar-refractivity contribution in [1.82, 2.24) is 5.32 Å². The zero-order valence-corrected chi connectivity index (χ0v) is 17.1. The molecule has 3 fully saturated rings. The van der Waals surface area contributed by atoms with Crippen molar-refractivity contribution < 1.29 is 24.2 Å². The maximum absolute atomic E-state index is 12.3. The third-order valence-electron chi connectivity index (χ3n) is 6.65. The first-order chi connectivity index (χ1) is 14.6. The Balaban J connectivity index is 1.26. The normalized spacial score (nSPS) is 29.5. The lowest BCUT2D eigenvalue weighted by atomic mass is 9.84. The van der Waals surface area contributed by atoms with Gasteiger partial charge in [0.1, 0.15) is 18.0 Å². The number of aliphatic hydroxyl groups is 1. The van der Waals surface area contributed by atoms with Gasteiger partial charge in [0.05, 0.1) is 19.1 Å². The summed E-state index contributed by atoms with van der Waals surface area (Å²) in [6.45, 7) is 0.594. The molecule has 2 saturated carbocycles. The van der Waals surface area contributed by atoms with E-state index in [9.17, 15) is 14.7 Å². The molecule has 7 heteroatoms. The van der Waals surface area contributed by atoms with Crippen LogP contribution in [0.1, 0.15) is 56.4 Å². The topological polar surface area (TPSA) is 96.9 Å². The molecule has 2 aliphatic carbocycles. The van der Waals surface area contributed by atoms with Crippen molar-refractivity contribution in [2.24, 2.45) is 11.8 Å². The Morgan fingerprint density at radius 1 is 1.07 bits per heavy atom. The molecule has 0 unspecified atom stereocenters. The fourth-order valence-electron chi connectivity index (χ4n) is 4.62. The molecule has 7 nitrogen and oxygen atoms in total. The minimum atomic E-state index is -0.467. The van der Waals surface area contributed by atoms with Crippen LogP contribution < -0.4 is 15.4 Å². The summed E-state index contributed by atoms with van der Waals surface area (Å²) in [4.78, 5) is 24.5. The summed E-state index contributed by atoms with van der Waals surface area (Å²) < 4.78 is 12.1. The fourth-order valence-corrected chi connectivity index (χ4v) is 4.62. The van der Waals surface area contributed by atoms with Gasteiger partial charge in [-0.05, 0) is 62.1 Å². The molecular formula is C23H30N2O5. The first-order valence-corrected chi connectivity index (χ1v) is 11.2. The van der Waals surface area contributed by atoms with Crippen LogP contribution in [0.3, 0.4) is 0 Å². The minimum absolute atomic E-state index is 0.00210. The Morgan fingerprint density at radius 3 is 2.60 bits per heavy atom. The molecule has 5 rings (SSSR count). The number of rotatable bonds is 8. The van der Waals surface area contributed by atoms with Crippen molar-refractivity contribution in [1.29, 1.82) is 0 Å². The van der Waals surface area contributed by atoms with E-state index in [4.69, 9.17) is 9.47 Å². The Labute approximate surface area is 176 Å². The first-order valence-electron chi connectivity index (χ1n) is 11.2. The Hall–Kier alpha value is -2.12. The summed E-state index contributed by atoms with van der Waals surface area (Å²) in [5.41, 5.74) is 1.80. The van der Waals surface area contributed by atoms with Gasteiger partial charge in [-0.25, -0.2) is 0 Å². The lowest BCUT2D eigenvalue weighted by Gasteiger charge is -2.37. The Kier molecular flexibility index (Phi) is 5.41. The van der Waals surface area contributed by atoms with Crippen molar-refractivity contribution in [2.75, 3.05) is 18.5 Å². The summed E-state index contributed by atoms with van der Waals surface area (Å²) in [6, 6.07) is 5.72. The zero-order valence-electron chi connectivity index (χ0n) is 17.1. The van der Waals surface area contributed by atoms with Crippen molar-refractivity contribution >= 4 is 17.5 Å². The third-order valence-corrected chi connectivity index (χ3v) is 6.65. The van der Waals surface area contributed by atoms with Crippen LogP contribution in [0.25, 0.3) is 0 Å². The molecular weight excluding hydrogens is 384 g/mol. The molecule has 4 atom stereocenters. The number of carbonyl (C=O) groups is 2. The molecule has 2 aliphatic heterocycles. The van der Waals surface area contributed by atoms with Gasteiger partial charge in [-0.3, -0.25) is 9.59 Å². The molecule has 0 bridgehead atoms. The van der Waals surface area contributed by atoms with Gasteiger partial charge in [-0.1, -0.05) is 0 Å². The van der Waals surface area contributed by atoms with Crippen LogP contribution in [0.5, 0.6) is 5.75 Å². The van der Waals surface area contributed by atoms with Crippen LogP contribution in [-0.2, 0) is 14.3 Å². The van der Waals surface area contributed by atoms with Crippen molar-refractivity contribution in [3.05, 3.63) is 23.8 Å². The zero-order chi connectivity index (χ0) is 20.7. The lowest BCUT2D eigenvalue weighted by Crippen LogP contribution is -2.47. The van der Waals surface area contributed by atoms with Gasteiger partial charge in [0.15, 0.2) is 0 Å². The highest BCUT2D eigenvalue weighted by atomic mass is 16.6. The van der Waals surface area contributed by atoms with E-state index < -0.39 is 6.10 Å². The number of amides is 2. The van der Waals surface area contributed by atoms with Gasteiger partial charge in [0.25, 0.3) is 0 Å². The highest BCUT2D eigenvalue weighted by Crippen LogP contribution is 2.47. The second-order valence-corrected chi connectivity index (χ2v) is 9.30. The molecule has 3 N–H and O–H groups in total. The van der Waals surface area contributed by atoms with E-state index in [1.54, 1.807) is 0 Å². The standard InChI is InChI=1S/C23H30N2O5/c26-12-20-23-18(9-16(29-20)10-21(27)24-11-14-3-4-14)17-8-15(5-6-19(17)30-23)25-22(28)7-13-1-2-13/h5-6,8,13-14,16,18,20,23,26H,1-4,7,9-12H2,(H,24,27)(H,25,28)/t16-,18+,20-,23-/m0/s1. The van der Waals surface area contributed by atoms with Crippen molar-refractivity contribution in [3.63, 3.8) is 0 Å². The number of benzene rings is 1. The van der Waals surface area contributed by atoms with E-state index in [0.717, 1.165) is 36.4 Å². The van der Waals surface area contributed by atoms with E-state index in [1.165, 1.54) is 12.8 Å². The van der Waals surface area contributed by atoms with Gasteiger partial charge in [0, 0.05) is 30.1 Å². The number of anilines is 1. The molecule has 162 valence electrons. The number of ether oxygens (including phenoxy) is 2. The number of hydrogen-bond donors (Lipinski definition) is 3. The second kappa shape index (κ2) is 8.19. The maximum Gasteiger partial charge on any atom is 0.224 e. The molecule has 0 radical (unpaired) electrons. The highest BCUT2D eigenvalue weighted by Gasteiger charge is 2.46. The van der Waals surface area contributed by atoms with Gasteiger partial charge < -0.3 is 25.2 Å². The number of hydrogen-bond acceptors (Lipinski definition) is 5. The predicted molar refractivity (Wildman–Crippen MR) is 110 cm³/mol. The molecule has 1 aromatic rings. The van der Waals surface area contributed by atoms with E-state index in [0.29, 0.717) is 31.1 Å². The van der Waals surface area contributed by atoms with E-state index in [2.05, 4.69) is 10.6 Å². The molecule has 4 aliphatic rings. The number of nitrogens with one attached hydrogen (secondary N) is 2. The van der Waals surface area contributed by atoms with Crippen molar-refractivity contribution in [2.45, 2.75) is 69.2 Å². The van der Waals surface area contributed by atoms with Crippen LogP contribution in [0.2, 0.25) is 0 Å². The van der Waals surface area contributed by atoms with E-state index >= 15 is 0 Å². The summed E-state index contributed by atoms with van der Waals surface area (Å²) >= 11 is 0. The SMILES string of the molecule is O=C(C[C@@H]1C[C@@H]2c3cc(NC(=O)CC4CC4)ccc3O[C@@H]2[C@H](CO)O1)NCC1CC1. The molecule has 1 aromatic carbocycles. The van der Waals surface area contributed by atoms with Crippen molar-refractivity contribution in [3.8, 4) is 5.75 Å². The highest BCUT2D eigenvalue weighted by molar-refractivity contribution is 5.91. The molecule has 0 aromatic heterocycles. The Morgan fingerprint density at radius 2 is 1.87 bits per heavy atom. The average Bonchev–Trinajstić information content (AvgIpc) is 3.65. The van der Waals surface area contributed by atoms with Gasteiger partial charge in [0.2, 0.25) is 11.8 Å². The largest absolute Gasteiger partial charge is 0.487 e. The molecule has 30 heavy (non-hydrogen) atoms. The first kappa shape index (κ1) is 19.8. The van der Waals surface area contributed by atoms with E-state index in [1.807, 2.05) is 18.2 Å². The lowest BCUT2D eigenvalue weighted by molar-refractivity contribution is -0.142. The summed E-state index contributed by atoms with van der Waals surface area (Å²) in [5, 5.41) is 15.8. The Bertz CT molecular complexity index is 820. The summed E-state index contributed by atoms with van der Waals surface area (Å²) in [7, 11) is 0. The average molecular weight is 415 g/mol. The molecule has 1 saturated heterocycles. The molecule has 2 heterocycles. The van der Waals surface area contributed by atoms with Gasteiger partial charge in [-0.2, -0.15) is 0 Å². The van der Waals surface area contributed by atoms with Gasteiger partial charge >= 0.3 is 0 Å². The van der Waals surface area contributed by atoms with Crippen LogP contribution in [0, 0.1) is 11.8 Å². The summed E-state index contributed by atoms with van der Waals surface area (Å²) in [5.74, 6) is 2.04. The third kappa shape index (κ3) is 4.47. The monoisotopic (exact) mass is 414 g/mol. The van der Waals surface area contributed by atoms with Gasteiger partial charge in [-0.15, -0.1) is 0 Å². The molecule has 2 amide bonds. The van der Waals surface area contributed by atoms with Crippen LogP contribution in [0.4, 0.5) is 5.69 Å². The smallest absolute Gasteiger partial charge is 0.224 e. The van der Waals surface area contributed by atoms with Crippen LogP contribution in [0.15, 0.2) is 18.2 Å². The number of fused-ring (bicyclic) bond motifs is 3. The second-order valence-electron chi connectivity index (χ2n) is 9.30. The maximum atomic E-state index is 12.3. The number of carbonyl (C=O) groups excluding carboxylic acids is 2. The van der Waals surface area contributed by atoms with Crippen LogP contribution in [-0.4, -0.2) is 48.4 Å². The summed E-state index contributed by atoms with van der Waals surface area (Å²) in [6.07, 6.45) is 5.22. The van der Waals surface area contributed by atoms with E-state index in [-0.39, 0.29) is 36.5 Å². The van der Waals surface area contributed by atoms with Crippen LogP contribution >= 0.6 is 0 Å².